The number of nitrogens with zero attached hydrogens (tertiary/aromatic N) is 1. The quantitative estimate of drug-likeness (QED) is 0.809. The van der Waals surface area contributed by atoms with Crippen LogP contribution in [0.15, 0.2) is 29.4 Å². The molecule has 0 unspecified atom stereocenters. The Kier molecular flexibility index (Phi) is 5.88. The lowest BCUT2D eigenvalue weighted by Crippen LogP contribution is -2.48. The van der Waals surface area contributed by atoms with Gasteiger partial charge in [-0.3, -0.25) is 4.79 Å². The molecular weight excluding hydrogens is 339 g/mol. The van der Waals surface area contributed by atoms with E-state index in [4.69, 9.17) is 9.57 Å². The number of aliphatic hydroxyl groups excluding tert-OH is 1. The van der Waals surface area contributed by atoms with Crippen LogP contribution in [-0.2, 0) is 14.4 Å². The van der Waals surface area contributed by atoms with Crippen LogP contribution < -0.4 is 5.32 Å². The molecule has 0 radical (unpaired) electrons. The Morgan fingerprint density at radius 2 is 2.23 bits per heavy atom. The van der Waals surface area contributed by atoms with Gasteiger partial charge in [-0.25, -0.2) is 4.39 Å². The lowest BCUT2D eigenvalue weighted by Gasteiger charge is -2.37. The van der Waals surface area contributed by atoms with E-state index in [-0.39, 0.29) is 24.4 Å². The van der Waals surface area contributed by atoms with Gasteiger partial charge in [0.1, 0.15) is 11.9 Å². The van der Waals surface area contributed by atoms with Gasteiger partial charge in [-0.2, -0.15) is 0 Å². The number of halogens is 1. The summed E-state index contributed by atoms with van der Waals surface area (Å²) >= 11 is 0. The van der Waals surface area contributed by atoms with E-state index in [9.17, 15) is 14.3 Å². The zero-order chi connectivity index (χ0) is 18.6. The number of carbonyl (C=O) groups excluding carboxylic acids is 1. The summed E-state index contributed by atoms with van der Waals surface area (Å²) in [4.78, 5) is 18.3. The van der Waals surface area contributed by atoms with Gasteiger partial charge in [0.15, 0.2) is 0 Å². The first-order chi connectivity index (χ1) is 12.5. The second kappa shape index (κ2) is 8.14. The van der Waals surface area contributed by atoms with Crippen LogP contribution in [0, 0.1) is 11.2 Å². The molecule has 7 heteroatoms. The van der Waals surface area contributed by atoms with Gasteiger partial charge in [0.2, 0.25) is 5.91 Å². The molecule has 142 valence electrons. The predicted molar refractivity (Wildman–Crippen MR) is 94.2 cm³/mol. The Morgan fingerprint density at radius 3 is 2.92 bits per heavy atom. The van der Waals surface area contributed by atoms with Crippen LogP contribution in [0.1, 0.15) is 38.2 Å². The fourth-order valence-electron chi connectivity index (χ4n) is 3.53. The second-order valence-corrected chi connectivity index (χ2v) is 7.14. The molecule has 26 heavy (non-hydrogen) atoms. The summed E-state index contributed by atoms with van der Waals surface area (Å²) in [7, 11) is 0. The van der Waals surface area contributed by atoms with Crippen LogP contribution in [0.3, 0.4) is 0 Å². The van der Waals surface area contributed by atoms with E-state index in [1.807, 2.05) is 0 Å². The molecule has 1 saturated heterocycles. The fourth-order valence-corrected chi connectivity index (χ4v) is 3.53. The first-order valence-corrected chi connectivity index (χ1v) is 9.01. The predicted octanol–water partition coefficient (Wildman–Crippen LogP) is 2.00. The Hall–Kier alpha value is -1.99. The van der Waals surface area contributed by atoms with E-state index in [0.717, 1.165) is 0 Å². The normalized spacial score (nSPS) is 23.0. The zero-order valence-corrected chi connectivity index (χ0v) is 14.9. The fraction of sp³-hybridized carbons (Fsp3) is 0.579. The second-order valence-electron chi connectivity index (χ2n) is 7.14. The van der Waals surface area contributed by atoms with Crippen LogP contribution in [-0.4, -0.2) is 48.7 Å². The molecule has 3 rings (SSSR count). The first kappa shape index (κ1) is 18.8. The van der Waals surface area contributed by atoms with Gasteiger partial charge >= 0.3 is 0 Å². The van der Waals surface area contributed by atoms with Crippen molar-refractivity contribution >= 4 is 11.6 Å². The third-order valence-corrected chi connectivity index (χ3v) is 5.00. The largest absolute Gasteiger partial charge is 0.392 e. The van der Waals surface area contributed by atoms with Gasteiger partial charge in [0.05, 0.1) is 17.2 Å². The number of aliphatic hydroxyl groups is 1. The Balaban J connectivity index is 1.66. The molecular formula is C19H25FN2O4. The number of rotatable bonds is 6. The van der Waals surface area contributed by atoms with Gasteiger partial charge in [-0.15, -0.1) is 0 Å². The number of benzene rings is 1. The maximum absolute atomic E-state index is 13.4. The van der Waals surface area contributed by atoms with Crippen molar-refractivity contribution in [3.8, 4) is 0 Å². The number of ether oxygens (including phenoxy) is 1. The van der Waals surface area contributed by atoms with Gasteiger partial charge in [0.25, 0.3) is 0 Å². The molecule has 0 spiro atoms. The van der Waals surface area contributed by atoms with Gasteiger partial charge < -0.3 is 20.0 Å². The van der Waals surface area contributed by atoms with E-state index >= 15 is 0 Å². The molecule has 2 aliphatic rings. The molecule has 1 fully saturated rings. The van der Waals surface area contributed by atoms with E-state index in [1.54, 1.807) is 19.1 Å². The number of oxime groups is 1. The number of hydrogen-bond donors (Lipinski definition) is 2. The lowest BCUT2D eigenvalue weighted by atomic mass is 9.74. The maximum Gasteiger partial charge on any atom is 0.226 e. The summed E-state index contributed by atoms with van der Waals surface area (Å²) in [5.41, 5.74) is 0.804. The third-order valence-electron chi connectivity index (χ3n) is 5.00. The highest BCUT2D eigenvalue weighted by Gasteiger charge is 2.43. The number of amides is 1. The molecule has 1 aromatic rings. The van der Waals surface area contributed by atoms with Crippen molar-refractivity contribution in [2.24, 2.45) is 10.6 Å². The Labute approximate surface area is 152 Å². The average molecular weight is 364 g/mol. The molecule has 2 heterocycles. The summed E-state index contributed by atoms with van der Waals surface area (Å²) in [5.74, 6) is -0.392. The van der Waals surface area contributed by atoms with Crippen LogP contribution in [0.4, 0.5) is 4.39 Å². The molecule has 0 bridgehead atoms. The highest BCUT2D eigenvalue weighted by Crippen LogP contribution is 2.38. The van der Waals surface area contributed by atoms with Crippen molar-refractivity contribution in [2.45, 2.75) is 44.8 Å². The summed E-state index contributed by atoms with van der Waals surface area (Å²) < 4.78 is 18.9. The van der Waals surface area contributed by atoms with Crippen LogP contribution in [0.25, 0.3) is 0 Å². The smallest absolute Gasteiger partial charge is 0.226 e. The van der Waals surface area contributed by atoms with E-state index in [2.05, 4.69) is 10.5 Å². The molecule has 1 aromatic carbocycles. The molecule has 2 aliphatic heterocycles. The van der Waals surface area contributed by atoms with Gasteiger partial charge in [-0.05, 0) is 31.9 Å². The zero-order valence-electron chi connectivity index (χ0n) is 14.9. The highest BCUT2D eigenvalue weighted by molar-refractivity contribution is 6.01. The van der Waals surface area contributed by atoms with Crippen molar-refractivity contribution in [1.29, 1.82) is 0 Å². The first-order valence-electron chi connectivity index (χ1n) is 9.01. The topological polar surface area (TPSA) is 80.2 Å². The van der Waals surface area contributed by atoms with Crippen molar-refractivity contribution in [3.05, 3.63) is 35.6 Å². The van der Waals surface area contributed by atoms with Crippen LogP contribution >= 0.6 is 0 Å². The minimum atomic E-state index is -0.596. The summed E-state index contributed by atoms with van der Waals surface area (Å²) in [6.07, 6.45) is 1.44. The number of hydrogen-bond acceptors (Lipinski definition) is 5. The van der Waals surface area contributed by atoms with E-state index in [1.165, 1.54) is 12.1 Å². The van der Waals surface area contributed by atoms with E-state index in [0.29, 0.717) is 50.2 Å². The standard InChI is InChI=1S/C19H25FN2O4/c1-13(23)12-21-18(24)19(5-7-25-8-6-19)11-16-10-17(22-26-16)14-3-2-4-15(20)9-14/h2-4,9,13,16,23H,5-8,10-12H2,1H3,(H,21,24)/t13-,16+/m0/s1. The summed E-state index contributed by atoms with van der Waals surface area (Å²) in [5, 5.41) is 16.4. The minimum Gasteiger partial charge on any atom is -0.392 e. The molecule has 2 atom stereocenters. The summed E-state index contributed by atoms with van der Waals surface area (Å²) in [6, 6.07) is 6.27. The molecule has 0 saturated carbocycles. The summed E-state index contributed by atoms with van der Waals surface area (Å²) in [6.45, 7) is 2.90. The Morgan fingerprint density at radius 1 is 1.46 bits per heavy atom. The highest BCUT2D eigenvalue weighted by atomic mass is 19.1. The molecule has 2 N–H and O–H groups in total. The Bertz CT molecular complexity index is 671. The van der Waals surface area contributed by atoms with Gasteiger partial charge in [-0.1, -0.05) is 17.3 Å². The van der Waals surface area contributed by atoms with Crippen molar-refractivity contribution in [2.75, 3.05) is 19.8 Å². The van der Waals surface area contributed by atoms with Crippen molar-refractivity contribution in [3.63, 3.8) is 0 Å². The van der Waals surface area contributed by atoms with Crippen molar-refractivity contribution < 1.29 is 23.9 Å². The third kappa shape index (κ3) is 4.40. The lowest BCUT2D eigenvalue weighted by molar-refractivity contribution is -0.140. The molecule has 0 aromatic heterocycles. The number of nitrogens with one attached hydrogen (secondary N) is 1. The number of carbonyl (C=O) groups is 1. The molecule has 1 amide bonds. The molecule has 6 nitrogen and oxygen atoms in total. The van der Waals surface area contributed by atoms with Gasteiger partial charge in [0, 0.05) is 38.2 Å². The van der Waals surface area contributed by atoms with Crippen LogP contribution in [0.2, 0.25) is 0 Å². The SMILES string of the molecule is C[C@H](O)CNC(=O)C1(C[C@H]2CC(c3cccc(F)c3)=NO2)CCOCC1. The van der Waals surface area contributed by atoms with Crippen LogP contribution in [0.5, 0.6) is 0 Å². The minimum absolute atomic E-state index is 0.0792. The maximum atomic E-state index is 13.4. The average Bonchev–Trinajstić information content (AvgIpc) is 3.08. The molecule has 0 aliphatic carbocycles. The monoisotopic (exact) mass is 364 g/mol. The van der Waals surface area contributed by atoms with E-state index < -0.39 is 11.5 Å². The van der Waals surface area contributed by atoms with Crippen molar-refractivity contribution in [1.82, 2.24) is 5.32 Å².